The van der Waals surface area contributed by atoms with Crippen LogP contribution in [0.4, 0.5) is 0 Å². The SMILES string of the molecule is CCCN(Cc1nnc(-c2ccco2)o1)C(=O)Cc1ccsc1. The summed E-state index contributed by atoms with van der Waals surface area (Å²) in [4.78, 5) is 14.2. The van der Waals surface area contributed by atoms with Gasteiger partial charge in [0.1, 0.15) is 0 Å². The first-order valence-corrected chi connectivity index (χ1v) is 8.35. The molecule has 0 aliphatic rings. The van der Waals surface area contributed by atoms with Crippen LogP contribution in [0, 0.1) is 0 Å². The van der Waals surface area contributed by atoms with E-state index in [0.717, 1.165) is 12.0 Å². The van der Waals surface area contributed by atoms with Crippen molar-refractivity contribution in [1.82, 2.24) is 15.1 Å². The molecule has 0 bridgehead atoms. The van der Waals surface area contributed by atoms with Crippen LogP contribution < -0.4 is 0 Å². The van der Waals surface area contributed by atoms with E-state index in [0.29, 0.717) is 37.1 Å². The van der Waals surface area contributed by atoms with Crippen molar-refractivity contribution in [3.8, 4) is 11.7 Å². The van der Waals surface area contributed by atoms with E-state index in [1.54, 1.807) is 34.6 Å². The maximum Gasteiger partial charge on any atom is 0.283 e. The van der Waals surface area contributed by atoms with Crippen LogP contribution in [-0.4, -0.2) is 27.5 Å². The van der Waals surface area contributed by atoms with E-state index in [-0.39, 0.29) is 5.91 Å². The van der Waals surface area contributed by atoms with Crippen LogP contribution in [0.25, 0.3) is 11.7 Å². The van der Waals surface area contributed by atoms with Gasteiger partial charge in [0, 0.05) is 6.54 Å². The molecular weight excluding hydrogens is 314 g/mol. The summed E-state index contributed by atoms with van der Waals surface area (Å²) in [5, 5.41) is 11.9. The Hall–Kier alpha value is -2.41. The third-order valence-electron chi connectivity index (χ3n) is 3.31. The molecule has 0 saturated carbocycles. The minimum absolute atomic E-state index is 0.0583. The first-order valence-electron chi connectivity index (χ1n) is 7.41. The summed E-state index contributed by atoms with van der Waals surface area (Å²) in [6.07, 6.45) is 2.81. The van der Waals surface area contributed by atoms with Crippen molar-refractivity contribution in [3.05, 3.63) is 46.7 Å². The van der Waals surface area contributed by atoms with Gasteiger partial charge in [-0.25, -0.2) is 0 Å². The number of carbonyl (C=O) groups is 1. The molecule has 3 heterocycles. The second-order valence-electron chi connectivity index (χ2n) is 5.10. The highest BCUT2D eigenvalue weighted by Gasteiger charge is 2.18. The summed E-state index contributed by atoms with van der Waals surface area (Å²) < 4.78 is 10.8. The largest absolute Gasteiger partial charge is 0.459 e. The van der Waals surface area contributed by atoms with E-state index < -0.39 is 0 Å². The second kappa shape index (κ2) is 7.23. The first-order chi connectivity index (χ1) is 11.3. The minimum Gasteiger partial charge on any atom is -0.459 e. The zero-order chi connectivity index (χ0) is 16.1. The number of aromatic nitrogens is 2. The fourth-order valence-corrected chi connectivity index (χ4v) is 2.89. The van der Waals surface area contributed by atoms with Crippen molar-refractivity contribution < 1.29 is 13.6 Å². The lowest BCUT2D eigenvalue weighted by molar-refractivity contribution is -0.131. The molecule has 0 spiro atoms. The molecule has 0 saturated heterocycles. The monoisotopic (exact) mass is 331 g/mol. The van der Waals surface area contributed by atoms with Gasteiger partial charge in [-0.15, -0.1) is 10.2 Å². The summed E-state index contributed by atoms with van der Waals surface area (Å²) in [6, 6.07) is 5.48. The number of rotatable bonds is 7. The van der Waals surface area contributed by atoms with Gasteiger partial charge >= 0.3 is 0 Å². The topological polar surface area (TPSA) is 72.4 Å². The zero-order valence-corrected chi connectivity index (χ0v) is 13.6. The number of hydrogen-bond acceptors (Lipinski definition) is 6. The van der Waals surface area contributed by atoms with Gasteiger partial charge in [-0.05, 0) is 40.9 Å². The number of carbonyl (C=O) groups excluding carboxylic acids is 1. The summed E-state index contributed by atoms with van der Waals surface area (Å²) in [5.41, 5.74) is 1.03. The Balaban J connectivity index is 1.68. The minimum atomic E-state index is 0.0583. The van der Waals surface area contributed by atoms with Gasteiger partial charge in [-0.2, -0.15) is 11.3 Å². The molecule has 0 atom stereocenters. The first kappa shape index (κ1) is 15.5. The normalized spacial score (nSPS) is 10.8. The van der Waals surface area contributed by atoms with Crippen LogP contribution in [0.15, 0.2) is 44.1 Å². The molecule has 0 unspecified atom stereocenters. The molecule has 6 nitrogen and oxygen atoms in total. The third-order valence-corrected chi connectivity index (χ3v) is 4.04. The average molecular weight is 331 g/mol. The van der Waals surface area contributed by atoms with Crippen LogP contribution in [0.5, 0.6) is 0 Å². The lowest BCUT2D eigenvalue weighted by Crippen LogP contribution is -2.32. The summed E-state index contributed by atoms with van der Waals surface area (Å²) in [5.74, 6) is 1.31. The van der Waals surface area contributed by atoms with E-state index >= 15 is 0 Å². The van der Waals surface area contributed by atoms with Crippen molar-refractivity contribution >= 4 is 17.2 Å². The molecular formula is C16H17N3O3S. The Morgan fingerprint density at radius 2 is 2.26 bits per heavy atom. The van der Waals surface area contributed by atoms with Gasteiger partial charge in [0.2, 0.25) is 11.8 Å². The van der Waals surface area contributed by atoms with Crippen molar-refractivity contribution in [2.45, 2.75) is 26.3 Å². The fraction of sp³-hybridized carbons (Fsp3) is 0.312. The van der Waals surface area contributed by atoms with Crippen LogP contribution in [0.1, 0.15) is 24.8 Å². The number of nitrogens with zero attached hydrogens (tertiary/aromatic N) is 3. The van der Waals surface area contributed by atoms with Crippen LogP contribution in [-0.2, 0) is 17.8 Å². The fourth-order valence-electron chi connectivity index (χ4n) is 2.22. The predicted octanol–water partition coefficient (Wildman–Crippen LogP) is 3.37. The molecule has 3 aromatic heterocycles. The Morgan fingerprint density at radius 3 is 2.96 bits per heavy atom. The Kier molecular flexibility index (Phi) is 4.87. The van der Waals surface area contributed by atoms with Crippen molar-refractivity contribution in [1.29, 1.82) is 0 Å². The number of amides is 1. The van der Waals surface area contributed by atoms with Crippen molar-refractivity contribution in [2.24, 2.45) is 0 Å². The number of thiophene rings is 1. The third kappa shape index (κ3) is 3.87. The molecule has 120 valence electrons. The summed E-state index contributed by atoms with van der Waals surface area (Å²) in [7, 11) is 0. The van der Waals surface area contributed by atoms with Gasteiger partial charge in [0.15, 0.2) is 5.76 Å². The molecule has 0 fully saturated rings. The maximum absolute atomic E-state index is 12.5. The molecule has 3 rings (SSSR count). The lowest BCUT2D eigenvalue weighted by Gasteiger charge is -2.20. The average Bonchev–Trinajstić information content (AvgIpc) is 3.29. The molecule has 0 radical (unpaired) electrons. The van der Waals surface area contributed by atoms with Gasteiger partial charge in [0.25, 0.3) is 5.89 Å². The second-order valence-corrected chi connectivity index (χ2v) is 5.88. The predicted molar refractivity (Wildman–Crippen MR) is 85.7 cm³/mol. The highest BCUT2D eigenvalue weighted by Crippen LogP contribution is 2.19. The summed E-state index contributed by atoms with van der Waals surface area (Å²) >= 11 is 1.59. The lowest BCUT2D eigenvalue weighted by atomic mass is 10.2. The van der Waals surface area contributed by atoms with E-state index in [1.807, 2.05) is 23.8 Å². The molecule has 1 amide bonds. The van der Waals surface area contributed by atoms with Crippen LogP contribution >= 0.6 is 11.3 Å². The molecule has 7 heteroatoms. The quantitative estimate of drug-likeness (QED) is 0.663. The van der Waals surface area contributed by atoms with Crippen LogP contribution in [0.3, 0.4) is 0 Å². The van der Waals surface area contributed by atoms with Crippen LogP contribution in [0.2, 0.25) is 0 Å². The van der Waals surface area contributed by atoms with Gasteiger partial charge < -0.3 is 13.7 Å². The standard InChI is InChI=1S/C16H17N3O3S/c1-2-6-19(15(20)9-12-5-8-23-11-12)10-14-17-18-16(22-14)13-4-3-7-21-13/h3-5,7-8,11H,2,6,9-10H2,1H3. The Labute approximate surface area is 137 Å². The molecule has 0 N–H and O–H groups in total. The van der Waals surface area contributed by atoms with Crippen molar-refractivity contribution in [3.63, 3.8) is 0 Å². The van der Waals surface area contributed by atoms with Gasteiger partial charge in [-0.1, -0.05) is 6.92 Å². The molecule has 0 aromatic carbocycles. The van der Waals surface area contributed by atoms with E-state index in [2.05, 4.69) is 10.2 Å². The zero-order valence-electron chi connectivity index (χ0n) is 12.8. The number of hydrogen-bond donors (Lipinski definition) is 0. The highest BCUT2D eigenvalue weighted by atomic mass is 32.1. The molecule has 23 heavy (non-hydrogen) atoms. The van der Waals surface area contributed by atoms with Gasteiger partial charge in [-0.3, -0.25) is 4.79 Å². The van der Waals surface area contributed by atoms with E-state index in [4.69, 9.17) is 8.83 Å². The maximum atomic E-state index is 12.5. The van der Waals surface area contributed by atoms with E-state index in [1.165, 1.54) is 0 Å². The molecule has 0 aliphatic heterocycles. The smallest absolute Gasteiger partial charge is 0.283 e. The molecule has 3 aromatic rings. The Morgan fingerprint density at radius 1 is 1.35 bits per heavy atom. The molecule has 0 aliphatic carbocycles. The summed E-state index contributed by atoms with van der Waals surface area (Å²) in [6.45, 7) is 3.00. The highest BCUT2D eigenvalue weighted by molar-refractivity contribution is 7.07. The number of furan rings is 1. The Bertz CT molecular complexity index is 735. The van der Waals surface area contributed by atoms with Gasteiger partial charge in [0.05, 0.1) is 19.2 Å². The van der Waals surface area contributed by atoms with Crippen molar-refractivity contribution in [2.75, 3.05) is 6.54 Å². The van der Waals surface area contributed by atoms with E-state index in [9.17, 15) is 4.79 Å².